The quantitative estimate of drug-likeness (QED) is 0.586. The lowest BCUT2D eigenvalue weighted by atomic mass is 10.1. The van der Waals surface area contributed by atoms with Crippen LogP contribution in [0.5, 0.6) is 11.5 Å². The Bertz CT molecular complexity index is 879. The molecule has 1 aliphatic rings. The molecule has 146 valence electrons. The van der Waals surface area contributed by atoms with Gasteiger partial charge < -0.3 is 19.5 Å². The molecule has 0 fully saturated rings. The Morgan fingerprint density at radius 1 is 1.18 bits per heavy atom. The van der Waals surface area contributed by atoms with Crippen molar-refractivity contribution in [1.82, 2.24) is 5.32 Å². The SMILES string of the molecule is C[C@@H](OC(=O)/C=C/c1ccc2c(c1)OCO2)C(=O)NCCc1ccc(F)cc1. The number of benzene rings is 2. The molecular weight excluding hydrogens is 365 g/mol. The standard InChI is InChI=1S/C21H20FNO5/c1-14(21(25)23-11-10-15-2-6-17(22)7-3-15)28-20(24)9-5-16-4-8-18-19(12-16)27-13-26-18/h2-9,12,14H,10-11,13H2,1H3,(H,23,25)/b9-5+/t14-/m1/s1. The Hall–Kier alpha value is -3.35. The summed E-state index contributed by atoms with van der Waals surface area (Å²) in [5, 5.41) is 2.69. The summed E-state index contributed by atoms with van der Waals surface area (Å²) in [6, 6.07) is 11.3. The number of fused-ring (bicyclic) bond motifs is 1. The molecule has 28 heavy (non-hydrogen) atoms. The second-order valence-corrected chi connectivity index (χ2v) is 6.19. The molecule has 0 aliphatic carbocycles. The average molecular weight is 385 g/mol. The zero-order chi connectivity index (χ0) is 19.9. The van der Waals surface area contributed by atoms with Crippen molar-refractivity contribution < 1.29 is 28.2 Å². The molecule has 2 aromatic rings. The molecule has 0 bridgehead atoms. The van der Waals surface area contributed by atoms with E-state index in [1.165, 1.54) is 25.1 Å². The predicted octanol–water partition coefficient (Wildman–Crippen LogP) is 2.86. The van der Waals surface area contributed by atoms with Crippen molar-refractivity contribution in [2.24, 2.45) is 0 Å². The number of nitrogens with one attached hydrogen (secondary N) is 1. The highest BCUT2D eigenvalue weighted by molar-refractivity contribution is 5.90. The first-order valence-electron chi connectivity index (χ1n) is 8.82. The van der Waals surface area contributed by atoms with Crippen molar-refractivity contribution in [3.8, 4) is 11.5 Å². The van der Waals surface area contributed by atoms with Crippen molar-refractivity contribution in [2.75, 3.05) is 13.3 Å². The van der Waals surface area contributed by atoms with E-state index < -0.39 is 18.0 Å². The Kier molecular flexibility index (Phi) is 6.26. The van der Waals surface area contributed by atoms with E-state index in [4.69, 9.17) is 14.2 Å². The fraction of sp³-hybridized carbons (Fsp3) is 0.238. The molecule has 0 aromatic heterocycles. The third-order valence-corrected chi connectivity index (χ3v) is 4.10. The number of halogens is 1. The number of rotatable bonds is 7. The number of hydrogen-bond acceptors (Lipinski definition) is 5. The molecule has 0 radical (unpaired) electrons. The van der Waals surface area contributed by atoms with Crippen LogP contribution in [-0.4, -0.2) is 31.3 Å². The van der Waals surface area contributed by atoms with Crippen LogP contribution in [-0.2, 0) is 20.7 Å². The van der Waals surface area contributed by atoms with E-state index in [1.807, 2.05) is 0 Å². The van der Waals surface area contributed by atoms with Gasteiger partial charge >= 0.3 is 5.97 Å². The fourth-order valence-corrected chi connectivity index (χ4v) is 2.57. The van der Waals surface area contributed by atoms with Crippen LogP contribution in [0.15, 0.2) is 48.5 Å². The maximum atomic E-state index is 12.9. The second kappa shape index (κ2) is 9.03. The number of esters is 1. The first-order valence-corrected chi connectivity index (χ1v) is 8.82. The third-order valence-electron chi connectivity index (χ3n) is 4.10. The number of hydrogen-bond donors (Lipinski definition) is 1. The predicted molar refractivity (Wildman–Crippen MR) is 100 cm³/mol. The van der Waals surface area contributed by atoms with Gasteiger partial charge in [-0.2, -0.15) is 0 Å². The minimum Gasteiger partial charge on any atom is -0.454 e. The number of ether oxygens (including phenoxy) is 3. The van der Waals surface area contributed by atoms with Gasteiger partial charge in [-0.3, -0.25) is 4.79 Å². The van der Waals surface area contributed by atoms with Crippen LogP contribution >= 0.6 is 0 Å². The van der Waals surface area contributed by atoms with E-state index in [0.29, 0.717) is 24.5 Å². The number of carbonyl (C=O) groups excluding carboxylic acids is 2. The molecule has 0 spiro atoms. The van der Waals surface area contributed by atoms with Gasteiger partial charge in [0.1, 0.15) is 5.82 Å². The van der Waals surface area contributed by atoms with Crippen molar-refractivity contribution in [2.45, 2.75) is 19.4 Å². The maximum Gasteiger partial charge on any atom is 0.331 e. The van der Waals surface area contributed by atoms with E-state index in [2.05, 4.69) is 5.32 Å². The summed E-state index contributed by atoms with van der Waals surface area (Å²) in [5.74, 6) is -0.0528. The summed E-state index contributed by atoms with van der Waals surface area (Å²) in [4.78, 5) is 23.9. The van der Waals surface area contributed by atoms with Gasteiger partial charge in [0.15, 0.2) is 17.6 Å². The molecule has 1 heterocycles. The zero-order valence-electron chi connectivity index (χ0n) is 15.3. The molecule has 1 atom stereocenters. The van der Waals surface area contributed by atoms with Crippen LogP contribution in [0.25, 0.3) is 6.08 Å². The minimum absolute atomic E-state index is 0.179. The molecule has 2 aromatic carbocycles. The molecule has 7 heteroatoms. The molecule has 1 N–H and O–H groups in total. The minimum atomic E-state index is -0.929. The first kappa shape index (κ1) is 19.4. The van der Waals surface area contributed by atoms with Crippen LogP contribution in [0.4, 0.5) is 4.39 Å². The number of amides is 1. The molecule has 1 amide bonds. The summed E-state index contributed by atoms with van der Waals surface area (Å²) in [6.07, 6.45) is 2.45. The van der Waals surface area contributed by atoms with E-state index in [1.54, 1.807) is 36.4 Å². The topological polar surface area (TPSA) is 73.9 Å². The third kappa shape index (κ3) is 5.33. The smallest absolute Gasteiger partial charge is 0.331 e. The first-order chi connectivity index (χ1) is 13.5. The van der Waals surface area contributed by atoms with Crippen LogP contribution in [0, 0.1) is 5.82 Å². The average Bonchev–Trinajstić information content (AvgIpc) is 3.15. The van der Waals surface area contributed by atoms with E-state index in [9.17, 15) is 14.0 Å². The molecule has 0 saturated heterocycles. The molecule has 6 nitrogen and oxygen atoms in total. The van der Waals surface area contributed by atoms with Gasteiger partial charge in [0.25, 0.3) is 5.91 Å². The van der Waals surface area contributed by atoms with E-state index in [0.717, 1.165) is 11.1 Å². The lowest BCUT2D eigenvalue weighted by Crippen LogP contribution is -2.36. The Labute approximate surface area is 161 Å². The summed E-state index contributed by atoms with van der Waals surface area (Å²) in [5.41, 5.74) is 1.65. The Morgan fingerprint density at radius 2 is 1.93 bits per heavy atom. The monoisotopic (exact) mass is 385 g/mol. The highest BCUT2D eigenvalue weighted by Gasteiger charge is 2.16. The fourth-order valence-electron chi connectivity index (χ4n) is 2.57. The maximum absolute atomic E-state index is 12.9. The molecule has 3 rings (SSSR count). The van der Waals surface area contributed by atoms with Crippen LogP contribution < -0.4 is 14.8 Å². The highest BCUT2D eigenvalue weighted by Crippen LogP contribution is 2.32. The van der Waals surface area contributed by atoms with E-state index >= 15 is 0 Å². The largest absolute Gasteiger partial charge is 0.454 e. The summed E-state index contributed by atoms with van der Waals surface area (Å²) >= 11 is 0. The zero-order valence-corrected chi connectivity index (χ0v) is 15.3. The molecule has 0 saturated carbocycles. The van der Waals surface area contributed by atoms with Crippen LogP contribution in [0.3, 0.4) is 0 Å². The Balaban J connectivity index is 1.42. The lowest BCUT2D eigenvalue weighted by Gasteiger charge is -2.12. The van der Waals surface area contributed by atoms with Gasteiger partial charge in [0, 0.05) is 12.6 Å². The summed E-state index contributed by atoms with van der Waals surface area (Å²) < 4.78 is 28.5. The van der Waals surface area contributed by atoms with E-state index in [-0.39, 0.29) is 12.6 Å². The summed E-state index contributed by atoms with van der Waals surface area (Å²) in [7, 11) is 0. The number of carbonyl (C=O) groups is 2. The second-order valence-electron chi connectivity index (χ2n) is 6.19. The van der Waals surface area contributed by atoms with Crippen molar-refractivity contribution in [3.63, 3.8) is 0 Å². The van der Waals surface area contributed by atoms with Gasteiger partial charge in [0.2, 0.25) is 6.79 Å². The van der Waals surface area contributed by atoms with Crippen molar-refractivity contribution in [3.05, 3.63) is 65.5 Å². The normalized spacial score (nSPS) is 13.4. The highest BCUT2D eigenvalue weighted by atomic mass is 19.1. The van der Waals surface area contributed by atoms with Crippen LogP contribution in [0.2, 0.25) is 0 Å². The molecule has 1 aliphatic heterocycles. The van der Waals surface area contributed by atoms with Gasteiger partial charge in [-0.05, 0) is 54.8 Å². The molecule has 0 unspecified atom stereocenters. The Morgan fingerprint density at radius 3 is 2.71 bits per heavy atom. The van der Waals surface area contributed by atoms with Gasteiger partial charge in [-0.25, -0.2) is 9.18 Å². The van der Waals surface area contributed by atoms with Crippen LogP contribution in [0.1, 0.15) is 18.1 Å². The molecular formula is C21H20FNO5. The lowest BCUT2D eigenvalue weighted by molar-refractivity contribution is -0.150. The van der Waals surface area contributed by atoms with Gasteiger partial charge in [0.05, 0.1) is 0 Å². The van der Waals surface area contributed by atoms with Gasteiger partial charge in [-0.15, -0.1) is 0 Å². The summed E-state index contributed by atoms with van der Waals surface area (Å²) in [6.45, 7) is 2.04. The van der Waals surface area contributed by atoms with Crippen molar-refractivity contribution >= 4 is 18.0 Å². The van der Waals surface area contributed by atoms with Gasteiger partial charge in [-0.1, -0.05) is 18.2 Å². The van der Waals surface area contributed by atoms with Crippen molar-refractivity contribution in [1.29, 1.82) is 0 Å².